The quantitative estimate of drug-likeness (QED) is 0.661. The van der Waals surface area contributed by atoms with Gasteiger partial charge in [0.1, 0.15) is 0 Å². The Balaban J connectivity index is 1.96. The topological polar surface area (TPSA) is 12.9 Å². The molecule has 0 bridgehead atoms. The van der Waals surface area contributed by atoms with E-state index in [1.807, 2.05) is 6.20 Å². The number of hydrogen-bond donors (Lipinski definition) is 0. The van der Waals surface area contributed by atoms with Crippen LogP contribution in [0.3, 0.4) is 0 Å². The summed E-state index contributed by atoms with van der Waals surface area (Å²) >= 11 is 0. The zero-order valence-corrected chi connectivity index (χ0v) is 9.13. The Labute approximate surface area is 82.1 Å². The van der Waals surface area contributed by atoms with Gasteiger partial charge < -0.3 is 0 Å². The first-order valence-corrected chi connectivity index (χ1v) is 6.41. The molecular weight excluding hydrogens is 177 g/mol. The summed E-state index contributed by atoms with van der Waals surface area (Å²) in [4.78, 5) is 0. The van der Waals surface area contributed by atoms with E-state index in [-0.39, 0.29) is 0 Å². The van der Waals surface area contributed by atoms with Crippen LogP contribution in [0.5, 0.6) is 0 Å². The minimum atomic E-state index is 0.756. The summed E-state index contributed by atoms with van der Waals surface area (Å²) in [5.41, 5.74) is 0. The highest BCUT2D eigenvalue weighted by Gasteiger charge is 2.13. The Morgan fingerprint density at radius 2 is 1.77 bits per heavy atom. The molecule has 13 heavy (non-hydrogen) atoms. The molecular formula is C11H18NP. The van der Waals surface area contributed by atoms with Crippen LogP contribution in [0.15, 0.2) is 12.3 Å². The minimum absolute atomic E-state index is 0.756. The number of rotatable bonds is 1. The molecule has 1 fully saturated rings. The second-order valence-electron chi connectivity index (χ2n) is 4.05. The van der Waals surface area contributed by atoms with Gasteiger partial charge in [-0.25, -0.2) is 4.75 Å². The van der Waals surface area contributed by atoms with Crippen molar-refractivity contribution < 1.29 is 0 Å². The van der Waals surface area contributed by atoms with Crippen molar-refractivity contribution in [3.8, 4) is 0 Å². The Morgan fingerprint density at radius 3 is 2.38 bits per heavy atom. The van der Waals surface area contributed by atoms with Crippen LogP contribution in [0.25, 0.3) is 0 Å². The third-order valence-corrected chi connectivity index (χ3v) is 4.18. The van der Waals surface area contributed by atoms with Gasteiger partial charge in [0.2, 0.25) is 0 Å². The smallest absolute Gasteiger partial charge is 0.0312 e. The molecule has 1 aliphatic rings. The van der Waals surface area contributed by atoms with Crippen molar-refractivity contribution in [3.63, 3.8) is 0 Å². The molecule has 0 N–H and O–H groups in total. The second-order valence-corrected chi connectivity index (χ2v) is 5.11. The molecule has 0 saturated heterocycles. The molecule has 1 heterocycles. The van der Waals surface area contributed by atoms with Gasteiger partial charge in [-0.3, -0.25) is 0 Å². The molecule has 0 spiro atoms. The van der Waals surface area contributed by atoms with Gasteiger partial charge in [-0.05, 0) is 38.5 Å². The van der Waals surface area contributed by atoms with Gasteiger partial charge in [-0.15, -0.1) is 0 Å². The van der Waals surface area contributed by atoms with Crippen molar-refractivity contribution in [2.24, 2.45) is 0 Å². The zero-order valence-electron chi connectivity index (χ0n) is 8.13. The molecule has 1 saturated carbocycles. The molecule has 1 unspecified atom stereocenters. The monoisotopic (exact) mass is 195 g/mol. The van der Waals surface area contributed by atoms with E-state index in [0.717, 1.165) is 14.3 Å². The van der Waals surface area contributed by atoms with E-state index in [9.17, 15) is 0 Å². The van der Waals surface area contributed by atoms with Crippen molar-refractivity contribution in [3.05, 3.63) is 17.6 Å². The van der Waals surface area contributed by atoms with Crippen molar-refractivity contribution in [1.82, 2.24) is 4.75 Å². The zero-order chi connectivity index (χ0) is 8.93. The van der Waals surface area contributed by atoms with Crippen LogP contribution in [0.1, 0.15) is 56.2 Å². The normalized spacial score (nSPS) is 21.5. The summed E-state index contributed by atoms with van der Waals surface area (Å²) < 4.78 is 4.30. The summed E-state index contributed by atoms with van der Waals surface area (Å²) in [5, 5.41) is 1.63. The van der Waals surface area contributed by atoms with Crippen molar-refractivity contribution >= 4 is 8.35 Å². The lowest BCUT2D eigenvalue weighted by atomic mass is 9.90. The fraction of sp³-hybridized carbons (Fsp3) is 0.727. The first-order valence-electron chi connectivity index (χ1n) is 5.46. The van der Waals surface area contributed by atoms with E-state index >= 15 is 0 Å². The van der Waals surface area contributed by atoms with Crippen LogP contribution in [0, 0.1) is 0 Å². The lowest BCUT2D eigenvalue weighted by Gasteiger charge is -2.18. The average Bonchev–Trinajstić information content (AvgIpc) is 2.55. The van der Waals surface area contributed by atoms with Crippen molar-refractivity contribution in [1.29, 1.82) is 0 Å². The van der Waals surface area contributed by atoms with Crippen LogP contribution in [-0.4, -0.2) is 4.75 Å². The lowest BCUT2D eigenvalue weighted by Crippen LogP contribution is -1.99. The molecule has 0 aromatic carbocycles. The van der Waals surface area contributed by atoms with Crippen LogP contribution < -0.4 is 0 Å². The third-order valence-electron chi connectivity index (χ3n) is 3.07. The predicted octanol–water partition coefficient (Wildman–Crippen LogP) is 3.94. The molecule has 0 radical (unpaired) electrons. The Morgan fingerprint density at radius 1 is 1.08 bits per heavy atom. The van der Waals surface area contributed by atoms with E-state index in [1.165, 1.54) is 44.9 Å². The van der Waals surface area contributed by atoms with Gasteiger partial charge in [0.05, 0.1) is 0 Å². The maximum Gasteiger partial charge on any atom is 0.0312 e. The highest BCUT2D eigenvalue weighted by Crippen LogP contribution is 2.33. The summed E-state index contributed by atoms with van der Waals surface area (Å²) in [5.74, 6) is 0.876. The van der Waals surface area contributed by atoms with Gasteiger partial charge in [0.15, 0.2) is 0 Å². The molecule has 1 aromatic heterocycles. The minimum Gasteiger partial charge on any atom is -0.249 e. The van der Waals surface area contributed by atoms with Crippen molar-refractivity contribution in [2.75, 3.05) is 0 Å². The number of aromatic nitrogens is 1. The Kier molecular flexibility index (Phi) is 3.43. The molecule has 2 heteroatoms. The molecule has 1 aliphatic carbocycles. The van der Waals surface area contributed by atoms with Gasteiger partial charge in [0.25, 0.3) is 0 Å². The fourth-order valence-electron chi connectivity index (χ4n) is 2.26. The molecule has 1 aromatic rings. The van der Waals surface area contributed by atoms with Crippen LogP contribution in [-0.2, 0) is 0 Å². The number of nitrogens with zero attached hydrogens (tertiary/aromatic N) is 1. The van der Waals surface area contributed by atoms with Crippen LogP contribution in [0.2, 0.25) is 0 Å². The van der Waals surface area contributed by atoms with E-state index < -0.39 is 0 Å². The average molecular weight is 195 g/mol. The maximum atomic E-state index is 4.30. The highest BCUT2D eigenvalue weighted by atomic mass is 31.0. The van der Waals surface area contributed by atoms with E-state index in [2.05, 4.69) is 10.8 Å². The summed E-state index contributed by atoms with van der Waals surface area (Å²) in [7, 11) is 0.756. The lowest BCUT2D eigenvalue weighted by molar-refractivity contribution is 0.460. The summed E-state index contributed by atoms with van der Waals surface area (Å²) in [6.45, 7) is 0. The molecule has 1 atom stereocenters. The molecule has 2 rings (SSSR count). The third kappa shape index (κ3) is 2.57. The summed E-state index contributed by atoms with van der Waals surface area (Å²) in [6.07, 6.45) is 12.1. The Bertz CT molecular complexity index is 222. The first kappa shape index (κ1) is 9.27. The van der Waals surface area contributed by atoms with E-state index in [1.54, 1.807) is 5.30 Å². The molecule has 1 nitrogen and oxygen atoms in total. The SMILES string of the molecule is c1cc(C2CCCCCCC2)[pH]n1. The van der Waals surface area contributed by atoms with Gasteiger partial charge in [-0.2, -0.15) is 0 Å². The highest BCUT2D eigenvalue weighted by molar-refractivity contribution is 7.26. The van der Waals surface area contributed by atoms with E-state index in [4.69, 9.17) is 0 Å². The van der Waals surface area contributed by atoms with Crippen LogP contribution >= 0.6 is 8.35 Å². The molecule has 72 valence electrons. The van der Waals surface area contributed by atoms with E-state index in [0.29, 0.717) is 0 Å². The Hall–Kier alpha value is -0.290. The first-order chi connectivity index (χ1) is 6.47. The second kappa shape index (κ2) is 4.81. The van der Waals surface area contributed by atoms with Gasteiger partial charge >= 0.3 is 0 Å². The van der Waals surface area contributed by atoms with Gasteiger partial charge in [-0.1, -0.05) is 32.1 Å². The van der Waals surface area contributed by atoms with Crippen LogP contribution in [0.4, 0.5) is 0 Å². The number of hydrogen-bond acceptors (Lipinski definition) is 1. The van der Waals surface area contributed by atoms with Crippen molar-refractivity contribution in [2.45, 2.75) is 50.9 Å². The fourth-order valence-corrected chi connectivity index (χ4v) is 3.18. The predicted molar refractivity (Wildman–Crippen MR) is 58.8 cm³/mol. The standard InChI is InChI=1S/C11H18NP/c1-2-4-6-10(7-5-3-1)11-8-9-12-13-11/h8-10,13H,1-7H2. The largest absolute Gasteiger partial charge is 0.249 e. The molecule has 0 amide bonds. The van der Waals surface area contributed by atoms with Gasteiger partial charge in [0, 0.05) is 6.20 Å². The maximum absolute atomic E-state index is 4.30. The molecule has 0 aliphatic heterocycles. The summed E-state index contributed by atoms with van der Waals surface area (Å²) in [6, 6.07) is 2.25.